The van der Waals surface area contributed by atoms with Crippen molar-refractivity contribution in [2.24, 2.45) is 0 Å². The van der Waals surface area contributed by atoms with E-state index in [0.717, 1.165) is 12.0 Å². The second kappa shape index (κ2) is 5.83. The minimum atomic E-state index is 0.108. The number of rotatable bonds is 4. The highest BCUT2D eigenvalue weighted by Crippen LogP contribution is 2.32. The second-order valence-electron chi connectivity index (χ2n) is 3.65. The Morgan fingerprint density at radius 3 is 2.59 bits per heavy atom. The smallest absolute Gasteiger partial charge is 0.0794 e. The van der Waals surface area contributed by atoms with Gasteiger partial charge < -0.3 is 5.32 Å². The van der Waals surface area contributed by atoms with Crippen LogP contribution in [-0.2, 0) is 6.42 Å². The highest BCUT2D eigenvalue weighted by molar-refractivity contribution is 7.09. The first-order chi connectivity index (χ1) is 8.22. The molecule has 0 saturated heterocycles. The first-order valence-electron chi connectivity index (χ1n) is 5.21. The number of aromatic nitrogens is 1. The van der Waals surface area contributed by atoms with Gasteiger partial charge in [-0.15, -0.1) is 11.3 Å². The maximum absolute atomic E-state index is 6.21. The number of benzene rings is 1. The summed E-state index contributed by atoms with van der Waals surface area (Å²) in [7, 11) is 1.91. The second-order valence-corrected chi connectivity index (χ2v) is 5.43. The molecule has 0 fully saturated rings. The number of hydrogen-bond donors (Lipinski definition) is 1. The molecular formula is C12H12Cl2N2S. The molecule has 0 aliphatic rings. The number of likely N-dealkylation sites (N-methyl/N-ethyl adjacent to an activating group) is 1. The van der Waals surface area contributed by atoms with E-state index in [-0.39, 0.29) is 6.04 Å². The van der Waals surface area contributed by atoms with Crippen molar-refractivity contribution in [1.82, 2.24) is 10.3 Å². The molecule has 1 atom stereocenters. The molecule has 0 spiro atoms. The summed E-state index contributed by atoms with van der Waals surface area (Å²) in [6.45, 7) is 0. The molecule has 0 bridgehead atoms. The first-order valence-corrected chi connectivity index (χ1v) is 6.84. The average molecular weight is 287 g/mol. The van der Waals surface area contributed by atoms with Crippen LogP contribution in [0.25, 0.3) is 0 Å². The lowest BCUT2D eigenvalue weighted by Gasteiger charge is -2.18. The molecule has 1 unspecified atom stereocenters. The Kier molecular flexibility index (Phi) is 4.40. The average Bonchev–Trinajstić information content (AvgIpc) is 2.80. The Labute approximate surface area is 115 Å². The van der Waals surface area contributed by atoms with Crippen LogP contribution in [0, 0.1) is 0 Å². The third-order valence-corrected chi connectivity index (χ3v) is 4.05. The quantitative estimate of drug-likeness (QED) is 0.921. The van der Waals surface area contributed by atoms with Gasteiger partial charge in [-0.25, -0.2) is 0 Å². The van der Waals surface area contributed by atoms with Crippen molar-refractivity contribution in [3.63, 3.8) is 0 Å². The molecule has 0 aliphatic carbocycles. The molecule has 2 nitrogen and oxygen atoms in total. The molecule has 1 heterocycles. The van der Waals surface area contributed by atoms with Crippen LogP contribution >= 0.6 is 34.5 Å². The zero-order valence-electron chi connectivity index (χ0n) is 9.28. The minimum Gasteiger partial charge on any atom is -0.313 e. The molecule has 2 rings (SSSR count). The van der Waals surface area contributed by atoms with Gasteiger partial charge in [-0.3, -0.25) is 4.98 Å². The van der Waals surface area contributed by atoms with E-state index in [0.29, 0.717) is 10.0 Å². The number of nitrogens with one attached hydrogen (secondary N) is 1. The van der Waals surface area contributed by atoms with Gasteiger partial charge in [0.25, 0.3) is 0 Å². The first kappa shape index (κ1) is 12.8. The summed E-state index contributed by atoms with van der Waals surface area (Å²) < 4.78 is 0. The van der Waals surface area contributed by atoms with Gasteiger partial charge in [0.1, 0.15) is 0 Å². The van der Waals surface area contributed by atoms with Gasteiger partial charge in [0.2, 0.25) is 0 Å². The fraction of sp³-hybridized carbons (Fsp3) is 0.250. The zero-order chi connectivity index (χ0) is 12.3. The Bertz CT molecular complexity index is 465. The monoisotopic (exact) mass is 286 g/mol. The molecule has 0 amide bonds. The van der Waals surface area contributed by atoms with Gasteiger partial charge in [-0.2, -0.15) is 0 Å². The molecule has 0 saturated carbocycles. The lowest BCUT2D eigenvalue weighted by Crippen LogP contribution is -2.19. The van der Waals surface area contributed by atoms with Gasteiger partial charge in [-0.05, 0) is 19.2 Å². The highest BCUT2D eigenvalue weighted by Gasteiger charge is 2.17. The molecule has 1 N–H and O–H groups in total. The number of halogens is 2. The summed E-state index contributed by atoms with van der Waals surface area (Å²) in [5.74, 6) is 0. The van der Waals surface area contributed by atoms with Gasteiger partial charge in [0.15, 0.2) is 0 Å². The molecule has 90 valence electrons. The van der Waals surface area contributed by atoms with Crippen LogP contribution in [0.4, 0.5) is 0 Å². The summed E-state index contributed by atoms with van der Waals surface area (Å²) >= 11 is 14.0. The third kappa shape index (κ3) is 2.99. The standard InChI is InChI=1S/C12H12Cl2N2S/c1-15-11(5-8-6-16-7-17-8)12-9(13)3-2-4-10(12)14/h2-4,6-7,11,15H,5H2,1H3. The fourth-order valence-corrected chi connectivity index (χ4v) is 3.04. The number of nitrogens with zero attached hydrogens (tertiary/aromatic N) is 1. The van der Waals surface area contributed by atoms with Gasteiger partial charge in [0.05, 0.1) is 5.51 Å². The van der Waals surface area contributed by atoms with Crippen LogP contribution in [0.3, 0.4) is 0 Å². The van der Waals surface area contributed by atoms with Crippen LogP contribution in [0.2, 0.25) is 10.0 Å². The van der Waals surface area contributed by atoms with E-state index in [1.807, 2.05) is 37.0 Å². The molecule has 1 aromatic carbocycles. The van der Waals surface area contributed by atoms with Crippen molar-refractivity contribution < 1.29 is 0 Å². The van der Waals surface area contributed by atoms with E-state index in [1.165, 1.54) is 4.88 Å². The van der Waals surface area contributed by atoms with Crippen LogP contribution in [-0.4, -0.2) is 12.0 Å². The molecule has 0 radical (unpaired) electrons. The van der Waals surface area contributed by atoms with E-state index < -0.39 is 0 Å². The van der Waals surface area contributed by atoms with Crippen molar-refractivity contribution in [1.29, 1.82) is 0 Å². The maximum atomic E-state index is 6.21. The van der Waals surface area contributed by atoms with Gasteiger partial charge in [-0.1, -0.05) is 29.3 Å². The molecule has 0 aliphatic heterocycles. The van der Waals surface area contributed by atoms with E-state index >= 15 is 0 Å². The predicted molar refractivity (Wildman–Crippen MR) is 74.1 cm³/mol. The normalized spacial score (nSPS) is 12.6. The largest absolute Gasteiger partial charge is 0.313 e. The highest BCUT2D eigenvalue weighted by atomic mass is 35.5. The minimum absolute atomic E-state index is 0.108. The van der Waals surface area contributed by atoms with Crippen molar-refractivity contribution in [2.45, 2.75) is 12.5 Å². The van der Waals surface area contributed by atoms with E-state index in [2.05, 4.69) is 10.3 Å². The lowest BCUT2D eigenvalue weighted by molar-refractivity contribution is 0.596. The van der Waals surface area contributed by atoms with Gasteiger partial charge >= 0.3 is 0 Å². The van der Waals surface area contributed by atoms with Crippen LogP contribution in [0.15, 0.2) is 29.9 Å². The van der Waals surface area contributed by atoms with Crippen LogP contribution in [0.1, 0.15) is 16.5 Å². The van der Waals surface area contributed by atoms with Crippen molar-refractivity contribution in [3.8, 4) is 0 Å². The number of hydrogen-bond acceptors (Lipinski definition) is 3. The Balaban J connectivity index is 2.29. The molecule has 5 heteroatoms. The van der Waals surface area contributed by atoms with E-state index in [1.54, 1.807) is 11.3 Å². The topological polar surface area (TPSA) is 24.9 Å². The third-order valence-electron chi connectivity index (χ3n) is 2.59. The Hall–Kier alpha value is -0.610. The van der Waals surface area contributed by atoms with Crippen molar-refractivity contribution >= 4 is 34.5 Å². The fourth-order valence-electron chi connectivity index (χ4n) is 1.74. The van der Waals surface area contributed by atoms with Crippen molar-refractivity contribution in [2.75, 3.05) is 7.05 Å². The summed E-state index contributed by atoms with van der Waals surface area (Å²) in [6.07, 6.45) is 2.71. The predicted octanol–water partition coefficient (Wildman–Crippen LogP) is 3.95. The summed E-state index contributed by atoms with van der Waals surface area (Å²) in [5.41, 5.74) is 2.78. The summed E-state index contributed by atoms with van der Waals surface area (Å²) in [5, 5.41) is 4.64. The summed E-state index contributed by atoms with van der Waals surface area (Å²) in [6, 6.07) is 5.68. The van der Waals surface area contributed by atoms with E-state index in [9.17, 15) is 0 Å². The van der Waals surface area contributed by atoms with E-state index in [4.69, 9.17) is 23.2 Å². The van der Waals surface area contributed by atoms with Crippen molar-refractivity contribution in [3.05, 3.63) is 50.4 Å². The Morgan fingerprint density at radius 2 is 2.06 bits per heavy atom. The zero-order valence-corrected chi connectivity index (χ0v) is 11.6. The SMILES string of the molecule is CNC(Cc1cncs1)c1c(Cl)cccc1Cl. The number of thiazole rings is 1. The Morgan fingerprint density at radius 1 is 1.35 bits per heavy atom. The maximum Gasteiger partial charge on any atom is 0.0794 e. The van der Waals surface area contributed by atoms with Crippen LogP contribution < -0.4 is 5.32 Å². The molecular weight excluding hydrogens is 275 g/mol. The molecule has 1 aromatic heterocycles. The molecule has 17 heavy (non-hydrogen) atoms. The summed E-state index contributed by atoms with van der Waals surface area (Å²) in [4.78, 5) is 5.28. The van der Waals surface area contributed by atoms with Gasteiger partial charge in [0, 0.05) is 39.1 Å². The van der Waals surface area contributed by atoms with Crippen LogP contribution in [0.5, 0.6) is 0 Å². The lowest BCUT2D eigenvalue weighted by atomic mass is 10.0. The molecule has 2 aromatic rings.